The SMILES string of the molecule is Cc1cc(C)nc(NS(=O)(=O)c2cnc[nH]2)n1. The Kier molecular flexibility index (Phi) is 2.80. The summed E-state index contributed by atoms with van der Waals surface area (Å²) in [4.78, 5) is 14.1. The number of nitrogens with zero attached hydrogens (tertiary/aromatic N) is 3. The zero-order valence-electron chi connectivity index (χ0n) is 9.30. The molecule has 2 heterocycles. The highest BCUT2D eigenvalue weighted by Crippen LogP contribution is 2.10. The maximum atomic E-state index is 11.8. The molecule has 17 heavy (non-hydrogen) atoms. The summed E-state index contributed by atoms with van der Waals surface area (Å²) in [5.41, 5.74) is 1.39. The van der Waals surface area contributed by atoms with Gasteiger partial charge in [0.2, 0.25) is 5.95 Å². The average molecular weight is 253 g/mol. The van der Waals surface area contributed by atoms with Crippen molar-refractivity contribution in [1.29, 1.82) is 0 Å². The summed E-state index contributed by atoms with van der Waals surface area (Å²) in [7, 11) is -3.70. The van der Waals surface area contributed by atoms with Crippen LogP contribution in [-0.2, 0) is 10.0 Å². The molecule has 0 saturated heterocycles. The third-order valence-corrected chi connectivity index (χ3v) is 3.22. The van der Waals surface area contributed by atoms with Crippen LogP contribution in [0.2, 0.25) is 0 Å². The summed E-state index contributed by atoms with van der Waals surface area (Å²) in [6, 6.07) is 1.76. The first-order valence-corrected chi connectivity index (χ1v) is 6.29. The third-order valence-electron chi connectivity index (χ3n) is 1.97. The molecule has 2 aromatic heterocycles. The Hall–Kier alpha value is -1.96. The first-order chi connectivity index (χ1) is 7.97. The molecule has 2 rings (SSSR count). The van der Waals surface area contributed by atoms with Crippen molar-refractivity contribution in [3.63, 3.8) is 0 Å². The van der Waals surface area contributed by atoms with Crippen LogP contribution in [0.25, 0.3) is 0 Å². The molecule has 0 bridgehead atoms. The maximum absolute atomic E-state index is 11.8. The van der Waals surface area contributed by atoms with Gasteiger partial charge < -0.3 is 4.98 Å². The van der Waals surface area contributed by atoms with Crippen LogP contribution in [0.1, 0.15) is 11.4 Å². The van der Waals surface area contributed by atoms with Gasteiger partial charge in [-0.05, 0) is 19.9 Å². The second-order valence-electron chi connectivity index (χ2n) is 3.50. The average Bonchev–Trinajstić information content (AvgIpc) is 2.67. The van der Waals surface area contributed by atoms with Crippen LogP contribution in [0, 0.1) is 13.8 Å². The summed E-state index contributed by atoms with van der Waals surface area (Å²) in [6.07, 6.45) is 2.50. The highest BCUT2D eigenvalue weighted by Gasteiger charge is 2.17. The Labute approximate surface area is 98.4 Å². The highest BCUT2D eigenvalue weighted by atomic mass is 32.2. The van der Waals surface area contributed by atoms with E-state index in [-0.39, 0.29) is 11.0 Å². The molecule has 0 radical (unpaired) electrons. The second-order valence-corrected chi connectivity index (χ2v) is 5.15. The van der Waals surface area contributed by atoms with Gasteiger partial charge in [-0.3, -0.25) is 0 Å². The molecule has 0 fully saturated rings. The van der Waals surface area contributed by atoms with Crippen molar-refractivity contribution in [3.8, 4) is 0 Å². The fraction of sp³-hybridized carbons (Fsp3) is 0.222. The van der Waals surface area contributed by atoms with E-state index in [9.17, 15) is 8.42 Å². The van der Waals surface area contributed by atoms with Gasteiger partial charge in [-0.1, -0.05) is 0 Å². The van der Waals surface area contributed by atoms with E-state index >= 15 is 0 Å². The van der Waals surface area contributed by atoms with Crippen molar-refractivity contribution in [1.82, 2.24) is 19.9 Å². The predicted octanol–water partition coefficient (Wildman–Crippen LogP) is 0.617. The van der Waals surface area contributed by atoms with E-state index < -0.39 is 10.0 Å². The summed E-state index contributed by atoms with van der Waals surface area (Å²) in [5, 5.41) is -0.0275. The molecule has 0 aliphatic heterocycles. The molecular weight excluding hydrogens is 242 g/mol. The molecule has 0 unspecified atom stereocenters. The molecule has 0 atom stereocenters. The summed E-state index contributed by atoms with van der Waals surface area (Å²) in [6.45, 7) is 3.53. The monoisotopic (exact) mass is 253 g/mol. The van der Waals surface area contributed by atoms with Gasteiger partial charge in [0.05, 0.1) is 12.5 Å². The quantitative estimate of drug-likeness (QED) is 0.835. The minimum absolute atomic E-state index is 0.0275. The molecule has 0 amide bonds. The molecule has 7 nitrogen and oxygen atoms in total. The zero-order chi connectivity index (χ0) is 12.5. The highest BCUT2D eigenvalue weighted by molar-refractivity contribution is 7.92. The van der Waals surface area contributed by atoms with Crippen molar-refractivity contribution in [2.75, 3.05) is 4.72 Å². The normalized spacial score (nSPS) is 11.4. The molecule has 0 aliphatic rings. The van der Waals surface area contributed by atoms with Gasteiger partial charge >= 0.3 is 0 Å². The molecule has 0 spiro atoms. The van der Waals surface area contributed by atoms with Crippen LogP contribution in [0.4, 0.5) is 5.95 Å². The number of anilines is 1. The number of aryl methyl sites for hydroxylation is 2. The van der Waals surface area contributed by atoms with Crippen LogP contribution in [0.5, 0.6) is 0 Å². The fourth-order valence-corrected chi connectivity index (χ4v) is 2.19. The molecule has 2 N–H and O–H groups in total. The number of nitrogens with one attached hydrogen (secondary N) is 2. The topological polar surface area (TPSA) is 101 Å². The van der Waals surface area contributed by atoms with Crippen molar-refractivity contribution in [2.45, 2.75) is 18.9 Å². The van der Waals surface area contributed by atoms with Gasteiger partial charge in [-0.2, -0.15) is 8.42 Å². The van der Waals surface area contributed by atoms with Crippen LogP contribution < -0.4 is 4.72 Å². The molecule has 2 aromatic rings. The lowest BCUT2D eigenvalue weighted by atomic mass is 10.4. The van der Waals surface area contributed by atoms with E-state index in [1.807, 2.05) is 0 Å². The second kappa shape index (κ2) is 4.13. The molecule has 8 heteroatoms. The minimum Gasteiger partial charge on any atom is -0.334 e. The minimum atomic E-state index is -3.70. The summed E-state index contributed by atoms with van der Waals surface area (Å²) in [5.74, 6) is 0.0529. The van der Waals surface area contributed by atoms with Crippen molar-refractivity contribution >= 4 is 16.0 Å². The number of hydrogen-bond donors (Lipinski definition) is 2. The molecule has 0 saturated carbocycles. The molecular formula is C9H11N5O2S. The van der Waals surface area contributed by atoms with Crippen LogP contribution >= 0.6 is 0 Å². The Balaban J connectivity index is 2.33. The van der Waals surface area contributed by atoms with Gasteiger partial charge in [-0.15, -0.1) is 0 Å². The van der Waals surface area contributed by atoms with E-state index in [1.54, 1.807) is 19.9 Å². The van der Waals surface area contributed by atoms with Crippen LogP contribution in [0.15, 0.2) is 23.6 Å². The Bertz CT molecular complexity index is 601. The zero-order valence-corrected chi connectivity index (χ0v) is 10.1. The number of H-pyrrole nitrogens is 1. The van der Waals surface area contributed by atoms with Gasteiger partial charge in [0, 0.05) is 11.4 Å². The van der Waals surface area contributed by atoms with Crippen LogP contribution in [0.3, 0.4) is 0 Å². The van der Waals surface area contributed by atoms with Gasteiger partial charge in [0.15, 0.2) is 5.03 Å². The Morgan fingerprint density at radius 1 is 1.24 bits per heavy atom. The van der Waals surface area contributed by atoms with E-state index in [0.717, 1.165) is 0 Å². The van der Waals surface area contributed by atoms with Crippen LogP contribution in [-0.4, -0.2) is 28.4 Å². The number of hydrogen-bond acceptors (Lipinski definition) is 5. The number of imidazole rings is 1. The van der Waals surface area contributed by atoms with Gasteiger partial charge in [0.1, 0.15) is 0 Å². The lowest BCUT2D eigenvalue weighted by molar-refractivity contribution is 0.598. The number of rotatable bonds is 3. The lowest BCUT2D eigenvalue weighted by Gasteiger charge is -2.05. The van der Waals surface area contributed by atoms with E-state index in [1.165, 1.54) is 12.5 Å². The Morgan fingerprint density at radius 2 is 1.88 bits per heavy atom. The Morgan fingerprint density at radius 3 is 2.41 bits per heavy atom. The third kappa shape index (κ3) is 2.59. The summed E-state index contributed by atoms with van der Waals surface area (Å²) >= 11 is 0. The van der Waals surface area contributed by atoms with Crippen molar-refractivity contribution < 1.29 is 8.42 Å². The van der Waals surface area contributed by atoms with Gasteiger partial charge in [-0.25, -0.2) is 19.7 Å². The van der Waals surface area contributed by atoms with E-state index in [0.29, 0.717) is 11.4 Å². The maximum Gasteiger partial charge on any atom is 0.281 e. The van der Waals surface area contributed by atoms with E-state index in [4.69, 9.17) is 0 Å². The smallest absolute Gasteiger partial charge is 0.281 e. The van der Waals surface area contributed by atoms with Crippen molar-refractivity contribution in [3.05, 3.63) is 30.0 Å². The van der Waals surface area contributed by atoms with Crippen molar-refractivity contribution in [2.24, 2.45) is 0 Å². The van der Waals surface area contributed by atoms with E-state index in [2.05, 4.69) is 24.7 Å². The van der Waals surface area contributed by atoms with Gasteiger partial charge in [0.25, 0.3) is 10.0 Å². The largest absolute Gasteiger partial charge is 0.334 e. The first-order valence-electron chi connectivity index (χ1n) is 4.81. The molecule has 0 aliphatic carbocycles. The number of aromatic nitrogens is 4. The molecule has 90 valence electrons. The predicted molar refractivity (Wildman–Crippen MR) is 60.9 cm³/mol. The fourth-order valence-electron chi connectivity index (χ4n) is 1.34. The number of sulfonamides is 1. The molecule has 0 aromatic carbocycles. The standard InChI is InChI=1S/C9H11N5O2S/c1-6-3-7(2)13-9(12-6)14-17(15,16)8-4-10-5-11-8/h3-5H,1-2H3,(H,10,11)(H,12,13,14). The first kappa shape index (κ1) is 11.5. The summed E-state index contributed by atoms with van der Waals surface area (Å²) < 4.78 is 25.9. The number of aromatic amines is 1. The lowest BCUT2D eigenvalue weighted by Crippen LogP contribution is -2.16.